The summed E-state index contributed by atoms with van der Waals surface area (Å²) in [5.74, 6) is -0.608. The summed E-state index contributed by atoms with van der Waals surface area (Å²) in [5, 5.41) is 13.6. The Morgan fingerprint density at radius 1 is 1.17 bits per heavy atom. The number of halogens is 1. The van der Waals surface area contributed by atoms with Crippen molar-refractivity contribution in [1.82, 2.24) is 9.97 Å². The Morgan fingerprint density at radius 3 is 2.69 bits per heavy atom. The van der Waals surface area contributed by atoms with Crippen molar-refractivity contribution < 1.29 is 19.0 Å². The average Bonchev–Trinajstić information content (AvgIpc) is 3.28. The molecule has 180 valence electrons. The molecule has 0 aliphatic carbocycles. The number of carbonyl (C=O) groups excluding carboxylic acids is 1. The van der Waals surface area contributed by atoms with E-state index in [1.807, 2.05) is 31.2 Å². The van der Waals surface area contributed by atoms with Crippen LogP contribution in [0, 0.1) is 5.82 Å². The molecule has 0 saturated heterocycles. The van der Waals surface area contributed by atoms with Crippen molar-refractivity contribution in [3.8, 4) is 10.4 Å². The molecule has 0 fully saturated rings. The molecule has 35 heavy (non-hydrogen) atoms. The third kappa shape index (κ3) is 6.07. The van der Waals surface area contributed by atoms with Crippen LogP contribution in [0.4, 0.5) is 15.2 Å². The lowest BCUT2D eigenvalue weighted by molar-refractivity contribution is 0.100. The lowest BCUT2D eigenvalue weighted by Crippen LogP contribution is -2.11. The van der Waals surface area contributed by atoms with Crippen LogP contribution in [0.2, 0.25) is 0 Å². The molecule has 4 rings (SSSR count). The molecule has 0 aliphatic heterocycles. The maximum Gasteiger partial charge on any atom is 0.251 e. The number of amides is 1. The molecular formula is C26H25FN4O3S. The van der Waals surface area contributed by atoms with Gasteiger partial charge >= 0.3 is 0 Å². The molecule has 1 atom stereocenters. The number of hydrogen-bond acceptors (Lipinski definition) is 7. The minimum Gasteiger partial charge on any atom is -0.388 e. The van der Waals surface area contributed by atoms with Gasteiger partial charge in [0.15, 0.2) is 0 Å². The normalized spacial score (nSPS) is 11.9. The van der Waals surface area contributed by atoms with Crippen LogP contribution < -0.4 is 11.1 Å². The van der Waals surface area contributed by atoms with E-state index in [4.69, 9.17) is 10.5 Å². The highest BCUT2D eigenvalue weighted by Gasteiger charge is 2.18. The highest BCUT2D eigenvalue weighted by Crippen LogP contribution is 2.38. The second-order valence-electron chi connectivity index (χ2n) is 7.87. The van der Waals surface area contributed by atoms with Gasteiger partial charge in [-0.15, -0.1) is 11.3 Å². The number of primary amides is 1. The molecule has 9 heteroatoms. The van der Waals surface area contributed by atoms with Gasteiger partial charge in [-0.05, 0) is 53.9 Å². The van der Waals surface area contributed by atoms with Gasteiger partial charge in [-0.25, -0.2) is 9.37 Å². The summed E-state index contributed by atoms with van der Waals surface area (Å²) in [7, 11) is 0. The highest BCUT2D eigenvalue weighted by atomic mass is 32.1. The molecule has 0 saturated carbocycles. The van der Waals surface area contributed by atoms with Gasteiger partial charge in [-0.3, -0.25) is 9.78 Å². The molecule has 1 unspecified atom stereocenters. The van der Waals surface area contributed by atoms with Crippen molar-refractivity contribution in [2.24, 2.45) is 5.73 Å². The number of nitrogens with zero attached hydrogens (tertiary/aromatic N) is 2. The van der Waals surface area contributed by atoms with E-state index in [1.54, 1.807) is 36.7 Å². The zero-order valence-corrected chi connectivity index (χ0v) is 19.9. The zero-order valence-electron chi connectivity index (χ0n) is 19.1. The van der Waals surface area contributed by atoms with Crippen molar-refractivity contribution >= 4 is 28.1 Å². The number of nitrogens with two attached hydrogens (primary N) is 1. The zero-order chi connectivity index (χ0) is 24.8. The van der Waals surface area contributed by atoms with Crippen molar-refractivity contribution in [3.63, 3.8) is 0 Å². The van der Waals surface area contributed by atoms with E-state index in [9.17, 15) is 14.3 Å². The summed E-state index contributed by atoms with van der Waals surface area (Å²) in [6.07, 6.45) is 3.18. The summed E-state index contributed by atoms with van der Waals surface area (Å²) in [5.41, 5.74) is 8.37. The van der Waals surface area contributed by atoms with Crippen molar-refractivity contribution in [3.05, 3.63) is 95.2 Å². The third-order valence-electron chi connectivity index (χ3n) is 5.34. The maximum atomic E-state index is 14.8. The van der Waals surface area contributed by atoms with E-state index in [2.05, 4.69) is 15.3 Å². The van der Waals surface area contributed by atoms with E-state index < -0.39 is 17.8 Å². The van der Waals surface area contributed by atoms with Gasteiger partial charge in [0.2, 0.25) is 0 Å². The number of ether oxygens (including phenoxy) is 1. The van der Waals surface area contributed by atoms with Gasteiger partial charge in [0.1, 0.15) is 16.6 Å². The van der Waals surface area contributed by atoms with E-state index in [0.717, 1.165) is 5.56 Å². The summed E-state index contributed by atoms with van der Waals surface area (Å²) in [6.45, 7) is 2.56. The maximum absolute atomic E-state index is 14.8. The number of benzene rings is 1. The van der Waals surface area contributed by atoms with Crippen LogP contribution in [0.3, 0.4) is 0 Å². The Labute approximate surface area is 206 Å². The molecule has 4 N–H and O–H groups in total. The summed E-state index contributed by atoms with van der Waals surface area (Å²) in [6, 6.07) is 15.4. The van der Waals surface area contributed by atoms with Crippen LogP contribution in [0.15, 0.2) is 67.0 Å². The predicted octanol–water partition coefficient (Wildman–Crippen LogP) is 5.35. The van der Waals surface area contributed by atoms with Gasteiger partial charge in [-0.2, -0.15) is 0 Å². The fourth-order valence-electron chi connectivity index (χ4n) is 3.47. The minimum absolute atomic E-state index is 0.239. The Morgan fingerprint density at radius 2 is 1.97 bits per heavy atom. The Hall–Kier alpha value is -3.66. The number of pyridine rings is 2. The molecule has 1 amide bonds. The molecular weight excluding hydrogens is 467 g/mol. The molecule has 0 aliphatic rings. The first-order chi connectivity index (χ1) is 16.9. The molecule has 0 radical (unpaired) electrons. The minimum atomic E-state index is -0.729. The number of carbonyl (C=O) groups is 1. The second kappa shape index (κ2) is 11.2. The van der Waals surface area contributed by atoms with Crippen LogP contribution in [-0.2, 0) is 18.0 Å². The summed E-state index contributed by atoms with van der Waals surface area (Å²) >= 11 is 1.20. The molecule has 0 bridgehead atoms. The average molecular weight is 493 g/mol. The van der Waals surface area contributed by atoms with E-state index >= 15 is 0 Å². The predicted molar refractivity (Wildman–Crippen MR) is 134 cm³/mol. The van der Waals surface area contributed by atoms with Gasteiger partial charge < -0.3 is 20.9 Å². The molecule has 3 heterocycles. The van der Waals surface area contributed by atoms with E-state index in [0.29, 0.717) is 52.2 Å². The van der Waals surface area contributed by atoms with Crippen molar-refractivity contribution in [1.29, 1.82) is 0 Å². The molecule has 1 aromatic carbocycles. The molecule has 3 aromatic heterocycles. The van der Waals surface area contributed by atoms with Gasteiger partial charge in [0.05, 0.1) is 30.6 Å². The topological polar surface area (TPSA) is 110 Å². The van der Waals surface area contributed by atoms with E-state index in [-0.39, 0.29) is 5.56 Å². The smallest absolute Gasteiger partial charge is 0.251 e. The number of aromatic nitrogens is 2. The van der Waals surface area contributed by atoms with Gasteiger partial charge in [0, 0.05) is 22.8 Å². The lowest BCUT2D eigenvalue weighted by Gasteiger charge is -2.09. The standard InChI is InChI=1S/C26H25FN4O3S/c1-2-22(32)17-6-7-19(21(27)12-17)23-13-20(25(28)33)26(35-23)31-24-5-3-4-18(30-24)15-34-14-16-8-10-29-11-9-16/h3-13,22,32H,2,14-15H2,1H3,(H2,28,33)(H,30,31). The molecule has 0 spiro atoms. The number of thiophene rings is 1. The first-order valence-corrected chi connectivity index (χ1v) is 11.9. The largest absolute Gasteiger partial charge is 0.388 e. The van der Waals surface area contributed by atoms with Gasteiger partial charge in [0.25, 0.3) is 5.91 Å². The fourth-order valence-corrected chi connectivity index (χ4v) is 4.57. The quantitative estimate of drug-likeness (QED) is 0.275. The number of anilines is 2. The Kier molecular flexibility index (Phi) is 7.81. The van der Waals surface area contributed by atoms with Crippen molar-refractivity contribution in [2.75, 3.05) is 5.32 Å². The van der Waals surface area contributed by atoms with Gasteiger partial charge in [-0.1, -0.05) is 25.1 Å². The monoisotopic (exact) mass is 492 g/mol. The highest BCUT2D eigenvalue weighted by molar-refractivity contribution is 7.19. The number of aliphatic hydroxyl groups is 1. The first-order valence-electron chi connectivity index (χ1n) is 11.1. The second-order valence-corrected chi connectivity index (χ2v) is 8.92. The Balaban J connectivity index is 1.52. The molecule has 4 aromatic rings. The SMILES string of the molecule is CCC(O)c1ccc(-c2cc(C(N)=O)c(Nc3cccc(COCc4ccncc4)n3)s2)c(F)c1. The third-order valence-corrected chi connectivity index (χ3v) is 6.43. The fraction of sp³-hybridized carbons (Fsp3) is 0.192. The summed E-state index contributed by atoms with van der Waals surface area (Å²) in [4.78, 5) is 21.1. The number of rotatable bonds is 10. The molecule has 7 nitrogen and oxygen atoms in total. The summed E-state index contributed by atoms with van der Waals surface area (Å²) < 4.78 is 20.6. The van der Waals surface area contributed by atoms with Crippen molar-refractivity contribution in [2.45, 2.75) is 32.7 Å². The number of nitrogens with one attached hydrogen (secondary N) is 1. The number of hydrogen-bond donors (Lipinski definition) is 3. The van der Waals surface area contributed by atoms with Crippen LogP contribution in [0.1, 0.15) is 46.6 Å². The Bertz CT molecular complexity index is 1310. The van der Waals surface area contributed by atoms with Crippen LogP contribution in [0.5, 0.6) is 0 Å². The number of aliphatic hydroxyl groups excluding tert-OH is 1. The first kappa shape index (κ1) is 24.5. The van der Waals surface area contributed by atoms with Crippen LogP contribution in [-0.4, -0.2) is 21.0 Å². The van der Waals surface area contributed by atoms with Crippen LogP contribution in [0.25, 0.3) is 10.4 Å². The van der Waals surface area contributed by atoms with Crippen LogP contribution >= 0.6 is 11.3 Å². The lowest BCUT2D eigenvalue weighted by atomic mass is 10.0. The van der Waals surface area contributed by atoms with E-state index in [1.165, 1.54) is 17.4 Å².